The lowest BCUT2D eigenvalue weighted by atomic mass is 10.3. The maximum Gasteiger partial charge on any atom is 0.289 e. The summed E-state index contributed by atoms with van der Waals surface area (Å²) in [5.41, 5.74) is -0.785. The molecule has 8 heteroatoms. The SMILES string of the molecule is N=Pc1c([N+](=O)[O-])cccc1[N+](=O)[O-]. The zero-order valence-corrected chi connectivity index (χ0v) is 7.60. The number of nitrogens with one attached hydrogen (secondary N) is 1. The fourth-order valence-corrected chi connectivity index (χ4v) is 1.47. The van der Waals surface area contributed by atoms with E-state index in [2.05, 4.69) is 0 Å². The van der Waals surface area contributed by atoms with Gasteiger partial charge in [0.25, 0.3) is 11.4 Å². The van der Waals surface area contributed by atoms with E-state index < -0.39 is 21.2 Å². The zero-order valence-electron chi connectivity index (χ0n) is 6.71. The second-order valence-corrected chi connectivity index (χ2v) is 2.94. The van der Waals surface area contributed by atoms with Gasteiger partial charge in [0.05, 0.1) is 18.2 Å². The Hall–Kier alpha value is -1.88. The summed E-state index contributed by atoms with van der Waals surface area (Å²) in [6.07, 6.45) is 0. The summed E-state index contributed by atoms with van der Waals surface area (Å²) >= 11 is 0. The van der Waals surface area contributed by atoms with E-state index >= 15 is 0 Å². The molecule has 0 aromatic heterocycles. The van der Waals surface area contributed by atoms with Crippen molar-refractivity contribution in [3.63, 3.8) is 0 Å². The fraction of sp³-hybridized carbons (Fsp3) is 0. The number of rotatable bonds is 3. The lowest BCUT2D eigenvalue weighted by molar-refractivity contribution is -0.391. The van der Waals surface area contributed by atoms with E-state index in [0.29, 0.717) is 0 Å². The molecule has 7 nitrogen and oxygen atoms in total. The molecule has 1 rings (SSSR count). The van der Waals surface area contributed by atoms with Gasteiger partial charge in [0, 0.05) is 12.1 Å². The minimum Gasteiger partial charge on any atom is -0.279 e. The summed E-state index contributed by atoms with van der Waals surface area (Å²) in [4.78, 5) is 19.4. The summed E-state index contributed by atoms with van der Waals surface area (Å²) in [6.45, 7) is 0. The summed E-state index contributed by atoms with van der Waals surface area (Å²) in [5, 5.41) is 27.7. The van der Waals surface area contributed by atoms with E-state index in [4.69, 9.17) is 5.16 Å². The Morgan fingerprint density at radius 3 is 1.86 bits per heavy atom. The number of hydrogen-bond donors (Lipinski definition) is 1. The highest BCUT2D eigenvalue weighted by Gasteiger charge is 2.22. The molecule has 72 valence electrons. The summed E-state index contributed by atoms with van der Waals surface area (Å²) in [7, 11) is -0.237. The Morgan fingerprint density at radius 1 is 1.14 bits per heavy atom. The van der Waals surface area contributed by atoms with Crippen molar-refractivity contribution >= 4 is 25.1 Å². The zero-order chi connectivity index (χ0) is 10.7. The predicted molar refractivity (Wildman–Crippen MR) is 49.0 cm³/mol. The van der Waals surface area contributed by atoms with Crippen molar-refractivity contribution in [2.45, 2.75) is 0 Å². The van der Waals surface area contributed by atoms with Gasteiger partial charge in [0.1, 0.15) is 0 Å². The average Bonchev–Trinajstić information content (AvgIpc) is 2.16. The second kappa shape index (κ2) is 3.89. The molecule has 0 aliphatic rings. The second-order valence-electron chi connectivity index (χ2n) is 2.27. The molecule has 0 atom stereocenters. The highest BCUT2D eigenvalue weighted by atomic mass is 31.1. The number of nitrogens with zero attached hydrogens (tertiary/aromatic N) is 2. The van der Waals surface area contributed by atoms with Crippen molar-refractivity contribution in [2.24, 2.45) is 0 Å². The minimum atomic E-state index is -0.732. The molecular weight excluding hydrogens is 209 g/mol. The largest absolute Gasteiger partial charge is 0.289 e. The summed E-state index contributed by atoms with van der Waals surface area (Å²) in [6, 6.07) is 3.51. The summed E-state index contributed by atoms with van der Waals surface area (Å²) in [5.74, 6) is 0. The van der Waals surface area contributed by atoms with Gasteiger partial charge in [-0.05, 0) is 6.07 Å². The molecular formula is C6H4N3O4P. The van der Waals surface area contributed by atoms with Gasteiger partial charge < -0.3 is 0 Å². The van der Waals surface area contributed by atoms with Gasteiger partial charge in [0.2, 0.25) is 0 Å². The molecule has 0 amide bonds. The molecule has 0 fully saturated rings. The van der Waals surface area contributed by atoms with Crippen molar-refractivity contribution < 1.29 is 9.85 Å². The van der Waals surface area contributed by atoms with Crippen LogP contribution in [-0.2, 0) is 0 Å². The Kier molecular flexibility index (Phi) is 2.83. The Morgan fingerprint density at radius 2 is 1.57 bits per heavy atom. The van der Waals surface area contributed by atoms with Gasteiger partial charge in [-0.2, -0.15) is 0 Å². The molecule has 0 radical (unpaired) electrons. The highest BCUT2D eigenvalue weighted by Crippen LogP contribution is 2.21. The molecule has 0 saturated carbocycles. The fourth-order valence-electron chi connectivity index (χ4n) is 0.929. The normalized spacial score (nSPS) is 10.0. The van der Waals surface area contributed by atoms with E-state index in [1.54, 1.807) is 0 Å². The van der Waals surface area contributed by atoms with Crippen molar-refractivity contribution in [3.8, 4) is 0 Å². The summed E-state index contributed by atoms with van der Waals surface area (Å²) < 4.78 is 0. The first kappa shape index (κ1) is 10.2. The van der Waals surface area contributed by atoms with E-state index in [0.717, 1.165) is 12.1 Å². The van der Waals surface area contributed by atoms with Crippen LogP contribution in [0.15, 0.2) is 18.2 Å². The average molecular weight is 213 g/mol. The van der Waals surface area contributed by atoms with E-state index in [9.17, 15) is 20.2 Å². The van der Waals surface area contributed by atoms with Crippen LogP contribution >= 0.6 is 8.37 Å². The van der Waals surface area contributed by atoms with Crippen LogP contribution in [0.2, 0.25) is 0 Å². The Bertz CT molecular complexity index is 387. The molecule has 0 unspecified atom stereocenters. The topological polar surface area (TPSA) is 110 Å². The molecule has 0 aliphatic carbocycles. The van der Waals surface area contributed by atoms with Gasteiger partial charge in [-0.25, -0.2) is 0 Å². The van der Waals surface area contributed by atoms with Crippen LogP contribution in [0.5, 0.6) is 0 Å². The van der Waals surface area contributed by atoms with Crippen LogP contribution in [0.25, 0.3) is 0 Å². The quantitative estimate of drug-likeness (QED) is 0.469. The van der Waals surface area contributed by atoms with Gasteiger partial charge in [-0.1, -0.05) is 0 Å². The number of nitro benzene ring substituents is 2. The Balaban J connectivity index is 3.47. The third-order valence-electron chi connectivity index (χ3n) is 1.50. The third kappa shape index (κ3) is 1.72. The highest BCUT2D eigenvalue weighted by molar-refractivity contribution is 7.36. The van der Waals surface area contributed by atoms with E-state index in [1.165, 1.54) is 6.07 Å². The molecule has 0 spiro atoms. The predicted octanol–water partition coefficient (Wildman–Crippen LogP) is 1.84. The van der Waals surface area contributed by atoms with Crippen molar-refractivity contribution in [1.82, 2.24) is 0 Å². The van der Waals surface area contributed by atoms with Crippen LogP contribution in [0.3, 0.4) is 0 Å². The first-order chi connectivity index (χ1) is 6.57. The molecule has 14 heavy (non-hydrogen) atoms. The van der Waals surface area contributed by atoms with Gasteiger partial charge >= 0.3 is 0 Å². The number of nitro groups is 2. The van der Waals surface area contributed by atoms with Crippen molar-refractivity contribution in [2.75, 3.05) is 0 Å². The maximum absolute atomic E-state index is 10.5. The number of benzene rings is 1. The maximum atomic E-state index is 10.5. The molecule has 1 aromatic carbocycles. The van der Waals surface area contributed by atoms with Crippen molar-refractivity contribution in [1.29, 1.82) is 5.16 Å². The molecule has 1 N–H and O–H groups in total. The van der Waals surface area contributed by atoms with Crippen molar-refractivity contribution in [3.05, 3.63) is 38.4 Å². The van der Waals surface area contributed by atoms with Crippen LogP contribution in [0.4, 0.5) is 11.4 Å². The first-order valence-corrected chi connectivity index (χ1v) is 4.26. The Labute approximate surface area is 79.3 Å². The van der Waals surface area contributed by atoms with Gasteiger partial charge in [0.15, 0.2) is 5.30 Å². The minimum absolute atomic E-state index is 0.192. The van der Waals surface area contributed by atoms with E-state index in [1.807, 2.05) is 0 Å². The molecule has 0 aliphatic heterocycles. The van der Waals surface area contributed by atoms with E-state index in [-0.39, 0.29) is 13.7 Å². The standard InChI is InChI=1S/C6H4N3O4P/c7-14-6-4(8(10)11)2-1-3-5(6)9(12)13/h1-3,7H. The van der Waals surface area contributed by atoms with Crippen LogP contribution in [-0.4, -0.2) is 9.85 Å². The van der Waals surface area contributed by atoms with Crippen LogP contribution in [0.1, 0.15) is 0 Å². The molecule has 0 bridgehead atoms. The monoisotopic (exact) mass is 213 g/mol. The lowest BCUT2D eigenvalue weighted by Crippen LogP contribution is -2.07. The third-order valence-corrected chi connectivity index (χ3v) is 2.18. The molecule has 0 saturated heterocycles. The number of hydrogen-bond acceptors (Lipinski definition) is 5. The van der Waals surface area contributed by atoms with Crippen LogP contribution in [0, 0.1) is 25.4 Å². The van der Waals surface area contributed by atoms with Gasteiger partial charge in [-0.15, -0.1) is 0 Å². The smallest absolute Gasteiger partial charge is 0.279 e. The molecule has 0 heterocycles. The van der Waals surface area contributed by atoms with Gasteiger partial charge in [-0.3, -0.25) is 25.4 Å². The van der Waals surface area contributed by atoms with Crippen LogP contribution < -0.4 is 5.30 Å². The lowest BCUT2D eigenvalue weighted by Gasteiger charge is -1.96. The first-order valence-electron chi connectivity index (χ1n) is 3.37. The molecule has 1 aromatic rings.